The number of nitrogens with zero attached hydrogens (tertiary/aromatic N) is 3. The minimum Gasteiger partial charge on any atom is -0.495 e. The zero-order valence-electron chi connectivity index (χ0n) is 24.9. The van der Waals surface area contributed by atoms with Crippen LogP contribution in [0.25, 0.3) is 0 Å². The van der Waals surface area contributed by atoms with E-state index >= 15 is 0 Å². The predicted molar refractivity (Wildman–Crippen MR) is 165 cm³/mol. The molecule has 0 saturated heterocycles. The lowest BCUT2D eigenvalue weighted by atomic mass is 10.1. The normalized spacial score (nSPS) is 12.0. The maximum atomic E-state index is 14.7. The molecule has 3 aromatic carbocycles. The Morgan fingerprint density at radius 1 is 1.09 bits per heavy atom. The molecule has 44 heavy (non-hydrogen) atoms. The molecule has 14 heteroatoms. The van der Waals surface area contributed by atoms with Crippen LogP contribution in [0.4, 0.5) is 15.8 Å². The maximum Gasteiger partial charge on any atom is 0.273 e. The molecule has 3 aromatic rings. The fourth-order valence-electron chi connectivity index (χ4n) is 4.29. The second-order valence-electron chi connectivity index (χ2n) is 10.5. The third kappa shape index (κ3) is 8.03. The number of anilines is 1. The molecule has 0 aliphatic heterocycles. The average Bonchev–Trinajstić information content (AvgIpc) is 2.97. The van der Waals surface area contributed by atoms with Gasteiger partial charge in [-0.1, -0.05) is 49.7 Å². The van der Waals surface area contributed by atoms with Crippen molar-refractivity contribution in [3.05, 3.63) is 92.7 Å². The van der Waals surface area contributed by atoms with Crippen LogP contribution in [-0.4, -0.2) is 56.3 Å². The van der Waals surface area contributed by atoms with Gasteiger partial charge in [-0.2, -0.15) is 0 Å². The highest BCUT2D eigenvalue weighted by molar-refractivity contribution is 7.92. The SMILES string of the molecule is COc1ccc(Cl)cc1N(CC(=O)N(Cc1ccccc1F)[C@@H](C)C(=O)NCC(C)C)S(=O)(=O)c1ccc(C)c([N+](=O)[O-])c1. The Morgan fingerprint density at radius 2 is 1.77 bits per heavy atom. The number of sulfonamides is 1. The first-order chi connectivity index (χ1) is 20.7. The van der Waals surface area contributed by atoms with Gasteiger partial charge in [-0.3, -0.25) is 24.0 Å². The summed E-state index contributed by atoms with van der Waals surface area (Å²) in [7, 11) is -3.39. The van der Waals surface area contributed by atoms with Gasteiger partial charge in [0, 0.05) is 35.3 Å². The van der Waals surface area contributed by atoms with Crippen LogP contribution in [0.5, 0.6) is 5.75 Å². The Balaban J connectivity index is 2.16. The summed E-state index contributed by atoms with van der Waals surface area (Å²) in [6.45, 7) is 5.79. The molecular weight excluding hydrogens is 615 g/mol. The highest BCUT2D eigenvalue weighted by Crippen LogP contribution is 2.36. The van der Waals surface area contributed by atoms with Crippen molar-refractivity contribution >= 4 is 44.8 Å². The molecule has 0 radical (unpaired) electrons. The maximum absolute atomic E-state index is 14.7. The van der Waals surface area contributed by atoms with E-state index in [-0.39, 0.29) is 40.0 Å². The van der Waals surface area contributed by atoms with E-state index in [0.717, 1.165) is 11.0 Å². The summed E-state index contributed by atoms with van der Waals surface area (Å²) in [5.41, 5.74) is -0.228. The number of rotatable bonds is 13. The summed E-state index contributed by atoms with van der Waals surface area (Å²) in [4.78, 5) is 38.7. The Hall–Kier alpha value is -4.23. The summed E-state index contributed by atoms with van der Waals surface area (Å²) < 4.78 is 49.1. The van der Waals surface area contributed by atoms with Gasteiger partial charge in [0.25, 0.3) is 15.7 Å². The average molecular weight is 649 g/mol. The van der Waals surface area contributed by atoms with E-state index in [1.165, 1.54) is 69.5 Å². The Bertz CT molecular complexity index is 1650. The molecule has 1 N–H and O–H groups in total. The molecule has 0 saturated carbocycles. The van der Waals surface area contributed by atoms with Crippen molar-refractivity contribution in [3.63, 3.8) is 0 Å². The molecule has 0 spiro atoms. The topological polar surface area (TPSA) is 139 Å². The van der Waals surface area contributed by atoms with Gasteiger partial charge in [0.2, 0.25) is 11.8 Å². The van der Waals surface area contributed by atoms with E-state index in [2.05, 4.69) is 5.32 Å². The van der Waals surface area contributed by atoms with Gasteiger partial charge in [-0.25, -0.2) is 12.8 Å². The molecular formula is C30H34ClFN4O7S. The summed E-state index contributed by atoms with van der Waals surface area (Å²) in [6.07, 6.45) is 0. The zero-order chi connectivity index (χ0) is 32.8. The highest BCUT2D eigenvalue weighted by Gasteiger charge is 2.35. The fraction of sp³-hybridized carbons (Fsp3) is 0.333. The predicted octanol–water partition coefficient (Wildman–Crippen LogP) is 5.09. The summed E-state index contributed by atoms with van der Waals surface area (Å²) in [6, 6.07) is 12.1. The molecule has 0 aromatic heterocycles. The largest absolute Gasteiger partial charge is 0.495 e. The molecule has 0 heterocycles. The van der Waals surface area contributed by atoms with Crippen molar-refractivity contribution in [2.45, 2.75) is 45.2 Å². The molecule has 11 nitrogen and oxygen atoms in total. The lowest BCUT2D eigenvalue weighted by Crippen LogP contribution is -2.51. The molecule has 3 rings (SSSR count). The molecule has 0 fully saturated rings. The van der Waals surface area contributed by atoms with Crippen molar-refractivity contribution in [2.75, 3.05) is 24.5 Å². The van der Waals surface area contributed by atoms with Gasteiger partial charge in [-0.15, -0.1) is 0 Å². The van der Waals surface area contributed by atoms with E-state index in [0.29, 0.717) is 10.8 Å². The first kappa shape index (κ1) is 34.3. The Morgan fingerprint density at radius 3 is 2.39 bits per heavy atom. The number of ether oxygens (including phenoxy) is 1. The number of nitrogens with one attached hydrogen (secondary N) is 1. The number of hydrogen-bond donors (Lipinski definition) is 1. The Labute approximate surface area is 260 Å². The summed E-state index contributed by atoms with van der Waals surface area (Å²) in [5, 5.41) is 14.5. The fourth-order valence-corrected chi connectivity index (χ4v) is 5.89. The lowest BCUT2D eigenvalue weighted by Gasteiger charge is -2.32. The van der Waals surface area contributed by atoms with E-state index in [9.17, 15) is 32.5 Å². The molecule has 236 valence electrons. The molecule has 0 bridgehead atoms. The van der Waals surface area contributed by atoms with Crippen LogP contribution in [-0.2, 0) is 26.2 Å². The van der Waals surface area contributed by atoms with E-state index in [1.54, 1.807) is 6.07 Å². The van der Waals surface area contributed by atoms with E-state index in [4.69, 9.17) is 16.3 Å². The van der Waals surface area contributed by atoms with Crippen molar-refractivity contribution in [1.82, 2.24) is 10.2 Å². The number of aryl methyl sites for hydroxylation is 1. The van der Waals surface area contributed by atoms with Crippen LogP contribution < -0.4 is 14.4 Å². The van der Waals surface area contributed by atoms with Crippen LogP contribution in [0.3, 0.4) is 0 Å². The monoisotopic (exact) mass is 648 g/mol. The van der Waals surface area contributed by atoms with Crippen molar-refractivity contribution in [1.29, 1.82) is 0 Å². The Kier molecular flexibility index (Phi) is 11.3. The molecule has 0 unspecified atom stereocenters. The minimum absolute atomic E-state index is 0.0377. The number of carbonyl (C=O) groups is 2. The summed E-state index contributed by atoms with van der Waals surface area (Å²) in [5.74, 6) is -1.85. The standard InChI is InChI=1S/C30H34ClFN4O7S/c1-19(2)16-33-30(38)21(4)34(17-22-8-6-7-9-25(22)32)29(37)18-35(27-14-23(31)11-13-28(27)43-5)44(41,42)24-12-10-20(3)26(15-24)36(39)40/h6-15,19,21H,16-18H2,1-5H3,(H,33,38)/t21-/m0/s1. The number of halogens is 2. The number of amides is 2. The third-order valence-electron chi connectivity index (χ3n) is 6.80. The number of benzene rings is 3. The molecule has 2 amide bonds. The number of hydrogen-bond acceptors (Lipinski definition) is 7. The third-order valence-corrected chi connectivity index (χ3v) is 8.79. The molecule has 1 atom stereocenters. The smallest absolute Gasteiger partial charge is 0.273 e. The number of nitro groups is 1. The molecule has 0 aliphatic carbocycles. The van der Waals surface area contributed by atoms with Gasteiger partial charge >= 0.3 is 0 Å². The van der Waals surface area contributed by atoms with Crippen molar-refractivity contribution in [3.8, 4) is 5.75 Å². The minimum atomic E-state index is -4.69. The molecule has 0 aliphatic rings. The summed E-state index contributed by atoms with van der Waals surface area (Å²) >= 11 is 6.22. The van der Waals surface area contributed by atoms with E-state index in [1.807, 2.05) is 13.8 Å². The number of nitro benzene ring substituents is 1. The quantitative estimate of drug-likeness (QED) is 0.201. The number of carbonyl (C=O) groups excluding carboxylic acids is 2. The van der Waals surface area contributed by atoms with Crippen LogP contribution in [0.15, 0.2) is 65.6 Å². The first-order valence-corrected chi connectivity index (χ1v) is 15.4. The van der Waals surface area contributed by atoms with E-state index < -0.39 is 55.7 Å². The van der Waals surface area contributed by atoms with Crippen LogP contribution >= 0.6 is 11.6 Å². The van der Waals surface area contributed by atoms with Gasteiger partial charge in [0.05, 0.1) is 22.6 Å². The van der Waals surface area contributed by atoms with Crippen LogP contribution in [0, 0.1) is 28.8 Å². The lowest BCUT2D eigenvalue weighted by molar-refractivity contribution is -0.385. The van der Waals surface area contributed by atoms with Gasteiger partial charge in [-0.05, 0) is 50.1 Å². The zero-order valence-corrected chi connectivity index (χ0v) is 26.5. The van der Waals surface area contributed by atoms with Gasteiger partial charge < -0.3 is 15.0 Å². The second kappa shape index (κ2) is 14.5. The van der Waals surface area contributed by atoms with Gasteiger partial charge in [0.1, 0.15) is 24.2 Å². The van der Waals surface area contributed by atoms with Gasteiger partial charge in [0.15, 0.2) is 0 Å². The van der Waals surface area contributed by atoms with Crippen molar-refractivity contribution in [2.24, 2.45) is 5.92 Å². The first-order valence-electron chi connectivity index (χ1n) is 13.6. The van der Waals surface area contributed by atoms with Crippen molar-refractivity contribution < 1.29 is 32.1 Å². The van der Waals surface area contributed by atoms with Crippen LogP contribution in [0.1, 0.15) is 31.9 Å². The number of methoxy groups -OCH3 is 1. The second-order valence-corrected chi connectivity index (χ2v) is 12.8. The highest BCUT2D eigenvalue weighted by atomic mass is 35.5. The van der Waals surface area contributed by atoms with Crippen LogP contribution in [0.2, 0.25) is 5.02 Å².